The molecule has 1 saturated heterocycles. The molecular weight excluding hydrogens is 460 g/mol. The molecule has 1 amide bonds. The van der Waals surface area contributed by atoms with Crippen LogP contribution in [0.3, 0.4) is 0 Å². The fourth-order valence-electron chi connectivity index (χ4n) is 3.41. The van der Waals surface area contributed by atoms with E-state index in [1.807, 2.05) is 0 Å². The molecule has 3 aromatic rings. The summed E-state index contributed by atoms with van der Waals surface area (Å²) in [5, 5.41) is 4.22. The quantitative estimate of drug-likeness (QED) is 0.574. The molecule has 0 atom stereocenters. The van der Waals surface area contributed by atoms with Crippen molar-refractivity contribution in [2.24, 2.45) is 0 Å². The van der Waals surface area contributed by atoms with Gasteiger partial charge in [-0.3, -0.25) is 10.1 Å². The maximum absolute atomic E-state index is 14.0. The van der Waals surface area contributed by atoms with Crippen LogP contribution in [-0.2, 0) is 10.0 Å². The third kappa shape index (κ3) is 4.36. The summed E-state index contributed by atoms with van der Waals surface area (Å²) in [6.07, 6.45) is 1.56. The van der Waals surface area contributed by atoms with Crippen LogP contribution < -0.4 is 10.1 Å². The lowest BCUT2D eigenvalue weighted by Gasteiger charge is -2.18. The minimum Gasteiger partial charge on any atom is -0.495 e. The van der Waals surface area contributed by atoms with E-state index in [1.54, 1.807) is 0 Å². The van der Waals surface area contributed by atoms with Gasteiger partial charge in [-0.1, -0.05) is 0 Å². The van der Waals surface area contributed by atoms with Crippen LogP contribution in [0.2, 0.25) is 0 Å². The molecule has 7 nitrogen and oxygen atoms in total. The fourth-order valence-corrected chi connectivity index (χ4v) is 5.81. The van der Waals surface area contributed by atoms with Crippen molar-refractivity contribution in [3.05, 3.63) is 59.0 Å². The standard InChI is InChI=1S/C21H19F2N3O4S2/c1-30-18-7-4-13(10-19(18)32(28,29)26-8-2-3-9-26)20(27)25-21-24-17(12-31-21)15-11-14(22)5-6-16(15)23/h4-7,10-12H,2-3,8-9H2,1H3,(H,24,25,27). The second-order valence-electron chi connectivity index (χ2n) is 7.09. The zero-order valence-electron chi connectivity index (χ0n) is 17.0. The normalized spacial score (nSPS) is 14.5. The van der Waals surface area contributed by atoms with Crippen molar-refractivity contribution in [1.82, 2.24) is 9.29 Å². The molecule has 0 unspecified atom stereocenters. The molecule has 11 heteroatoms. The lowest BCUT2D eigenvalue weighted by Crippen LogP contribution is -2.28. The van der Waals surface area contributed by atoms with Crippen molar-refractivity contribution in [3.8, 4) is 17.0 Å². The SMILES string of the molecule is COc1ccc(C(=O)Nc2nc(-c3cc(F)ccc3F)cs2)cc1S(=O)(=O)N1CCCC1. The molecule has 32 heavy (non-hydrogen) atoms. The van der Waals surface area contributed by atoms with Crippen LogP contribution in [-0.4, -0.2) is 43.8 Å². The van der Waals surface area contributed by atoms with Crippen LogP contribution in [0.15, 0.2) is 46.7 Å². The van der Waals surface area contributed by atoms with Crippen LogP contribution in [0.4, 0.5) is 13.9 Å². The van der Waals surface area contributed by atoms with Crippen molar-refractivity contribution >= 4 is 32.4 Å². The molecule has 4 rings (SSSR count). The Labute approximate surface area is 187 Å². The van der Waals surface area contributed by atoms with Crippen LogP contribution in [0.5, 0.6) is 5.75 Å². The highest BCUT2D eigenvalue weighted by Crippen LogP contribution is 2.31. The summed E-state index contributed by atoms with van der Waals surface area (Å²) in [5.74, 6) is -1.69. The number of amides is 1. The highest BCUT2D eigenvalue weighted by Gasteiger charge is 2.30. The highest BCUT2D eigenvalue weighted by molar-refractivity contribution is 7.89. The predicted octanol–water partition coefficient (Wildman–Crippen LogP) is 4.13. The van der Waals surface area contributed by atoms with Crippen LogP contribution in [0.1, 0.15) is 23.2 Å². The Morgan fingerprint density at radius 3 is 2.62 bits per heavy atom. The third-order valence-electron chi connectivity index (χ3n) is 5.04. The van der Waals surface area contributed by atoms with Gasteiger partial charge in [0.05, 0.1) is 12.8 Å². The van der Waals surface area contributed by atoms with Gasteiger partial charge in [0, 0.05) is 29.6 Å². The van der Waals surface area contributed by atoms with Crippen molar-refractivity contribution in [2.75, 3.05) is 25.5 Å². The van der Waals surface area contributed by atoms with E-state index in [2.05, 4.69) is 10.3 Å². The zero-order chi connectivity index (χ0) is 22.9. The molecule has 0 saturated carbocycles. The summed E-state index contributed by atoms with van der Waals surface area (Å²) in [6.45, 7) is 0.834. The van der Waals surface area contributed by atoms with Crippen molar-refractivity contribution in [1.29, 1.82) is 0 Å². The second kappa shape index (κ2) is 8.93. The molecule has 2 heterocycles. The third-order valence-corrected chi connectivity index (χ3v) is 7.72. The molecule has 1 fully saturated rings. The first-order chi connectivity index (χ1) is 15.3. The van der Waals surface area contributed by atoms with Gasteiger partial charge in [-0.15, -0.1) is 11.3 Å². The molecular formula is C21H19F2N3O4S2. The first-order valence-corrected chi connectivity index (χ1v) is 12.0. The number of thiazole rings is 1. The molecule has 168 valence electrons. The number of rotatable bonds is 6. The molecule has 0 radical (unpaired) electrons. The molecule has 2 aromatic carbocycles. The van der Waals surface area contributed by atoms with Gasteiger partial charge >= 0.3 is 0 Å². The Bertz CT molecular complexity index is 1270. The number of hydrogen-bond donors (Lipinski definition) is 1. The van der Waals surface area contributed by atoms with Crippen molar-refractivity contribution in [2.45, 2.75) is 17.7 Å². The van der Waals surface area contributed by atoms with Gasteiger partial charge in [-0.05, 0) is 49.2 Å². The first kappa shape index (κ1) is 22.3. The van der Waals surface area contributed by atoms with Crippen LogP contribution in [0, 0.1) is 11.6 Å². The zero-order valence-corrected chi connectivity index (χ0v) is 18.6. The van der Waals surface area contributed by atoms with E-state index in [1.165, 1.54) is 35.0 Å². The number of aromatic nitrogens is 1. The van der Waals surface area contributed by atoms with E-state index in [4.69, 9.17) is 4.74 Å². The number of carbonyl (C=O) groups is 1. The topological polar surface area (TPSA) is 88.6 Å². The number of benzene rings is 2. The Morgan fingerprint density at radius 2 is 1.91 bits per heavy atom. The Balaban J connectivity index is 1.59. The second-order valence-corrected chi connectivity index (χ2v) is 9.86. The largest absolute Gasteiger partial charge is 0.495 e. The average Bonchev–Trinajstić information content (AvgIpc) is 3.48. The Morgan fingerprint density at radius 1 is 1.16 bits per heavy atom. The smallest absolute Gasteiger partial charge is 0.257 e. The number of anilines is 1. The van der Waals surface area contributed by atoms with Crippen molar-refractivity contribution < 1.29 is 26.7 Å². The summed E-state index contributed by atoms with van der Waals surface area (Å²) >= 11 is 1.04. The molecule has 0 bridgehead atoms. The number of ether oxygens (including phenoxy) is 1. The van der Waals surface area contributed by atoms with Crippen LogP contribution in [0.25, 0.3) is 11.3 Å². The first-order valence-electron chi connectivity index (χ1n) is 9.70. The molecule has 0 aliphatic carbocycles. The van der Waals surface area contributed by atoms with E-state index < -0.39 is 27.6 Å². The Hall–Kier alpha value is -2.89. The number of nitrogens with one attached hydrogen (secondary N) is 1. The van der Waals surface area contributed by atoms with Gasteiger partial charge in [-0.25, -0.2) is 22.2 Å². The van der Waals surface area contributed by atoms with Gasteiger partial charge in [0.25, 0.3) is 5.91 Å². The van der Waals surface area contributed by atoms with Crippen LogP contribution >= 0.6 is 11.3 Å². The lowest BCUT2D eigenvalue weighted by molar-refractivity contribution is 0.102. The van der Waals surface area contributed by atoms with E-state index in [9.17, 15) is 22.0 Å². The fraction of sp³-hybridized carbons (Fsp3) is 0.238. The van der Waals surface area contributed by atoms with E-state index >= 15 is 0 Å². The molecule has 1 aliphatic heterocycles. The van der Waals surface area contributed by atoms with E-state index in [-0.39, 0.29) is 32.6 Å². The minimum atomic E-state index is -3.81. The molecule has 0 spiro atoms. The summed E-state index contributed by atoms with van der Waals surface area (Å²) in [5.41, 5.74) is 0.247. The maximum atomic E-state index is 14.0. The van der Waals surface area contributed by atoms with E-state index in [0.29, 0.717) is 13.1 Å². The average molecular weight is 480 g/mol. The van der Waals surface area contributed by atoms with E-state index in [0.717, 1.165) is 42.4 Å². The highest BCUT2D eigenvalue weighted by atomic mass is 32.2. The van der Waals surface area contributed by atoms with Gasteiger partial charge < -0.3 is 4.74 Å². The number of sulfonamides is 1. The minimum absolute atomic E-state index is 0.0230. The monoisotopic (exact) mass is 479 g/mol. The van der Waals surface area contributed by atoms with Gasteiger partial charge in [0.1, 0.15) is 22.3 Å². The lowest BCUT2D eigenvalue weighted by atomic mass is 10.1. The predicted molar refractivity (Wildman–Crippen MR) is 116 cm³/mol. The van der Waals surface area contributed by atoms with Gasteiger partial charge in [0.2, 0.25) is 10.0 Å². The number of hydrogen-bond acceptors (Lipinski definition) is 6. The summed E-state index contributed by atoms with van der Waals surface area (Å²) < 4.78 is 60.0. The molecule has 1 N–H and O–H groups in total. The number of carbonyl (C=O) groups excluding carboxylic acids is 1. The summed E-state index contributed by atoms with van der Waals surface area (Å²) in [4.78, 5) is 16.8. The van der Waals surface area contributed by atoms with Crippen molar-refractivity contribution in [3.63, 3.8) is 0 Å². The van der Waals surface area contributed by atoms with Gasteiger partial charge in [-0.2, -0.15) is 4.31 Å². The molecule has 1 aliphatic rings. The summed E-state index contributed by atoms with van der Waals surface area (Å²) in [7, 11) is -2.45. The maximum Gasteiger partial charge on any atom is 0.257 e. The summed E-state index contributed by atoms with van der Waals surface area (Å²) in [6, 6.07) is 7.16. The Kier molecular flexibility index (Phi) is 6.22. The number of methoxy groups -OCH3 is 1. The molecule has 1 aromatic heterocycles. The number of halogens is 2. The van der Waals surface area contributed by atoms with Gasteiger partial charge in [0.15, 0.2) is 5.13 Å². The number of nitrogens with zero attached hydrogens (tertiary/aromatic N) is 2.